The molecule has 0 spiro atoms. The maximum absolute atomic E-state index is 5.88. The van der Waals surface area contributed by atoms with Crippen LogP contribution in [0.2, 0.25) is 5.02 Å². The van der Waals surface area contributed by atoms with E-state index in [-0.39, 0.29) is 0 Å². The fraction of sp³-hybridized carbons (Fsp3) is 0.111. The van der Waals surface area contributed by atoms with Gasteiger partial charge in [-0.05, 0) is 36.4 Å². The molecule has 7 heteroatoms. The Morgan fingerprint density at radius 1 is 0.800 bits per heavy atom. The summed E-state index contributed by atoms with van der Waals surface area (Å²) in [6, 6.07) is 16.9. The van der Waals surface area contributed by atoms with Gasteiger partial charge in [-0.2, -0.15) is 4.98 Å². The number of halogens is 1. The van der Waals surface area contributed by atoms with E-state index in [1.807, 2.05) is 42.5 Å². The smallest absolute Gasteiger partial charge is 0.247 e. The van der Waals surface area contributed by atoms with Gasteiger partial charge in [-0.25, -0.2) is 0 Å². The maximum atomic E-state index is 5.88. The van der Waals surface area contributed by atoms with E-state index >= 15 is 0 Å². The topological polar surface area (TPSA) is 77.8 Å². The minimum Gasteiger partial charge on any atom is -0.421 e. The van der Waals surface area contributed by atoms with E-state index in [9.17, 15) is 0 Å². The molecule has 6 nitrogen and oxygen atoms in total. The Hall–Kier alpha value is -2.99. The van der Waals surface area contributed by atoms with Crippen LogP contribution >= 0.6 is 11.6 Å². The summed E-state index contributed by atoms with van der Waals surface area (Å²) in [6.45, 7) is 0. The average molecular weight is 353 g/mol. The van der Waals surface area contributed by atoms with E-state index in [0.29, 0.717) is 41.4 Å². The zero-order valence-corrected chi connectivity index (χ0v) is 13.8. The third kappa shape index (κ3) is 3.59. The van der Waals surface area contributed by atoms with Gasteiger partial charge in [0.1, 0.15) is 0 Å². The summed E-state index contributed by atoms with van der Waals surface area (Å²) in [5.74, 6) is 2.08. The highest BCUT2D eigenvalue weighted by molar-refractivity contribution is 6.30. The Labute approximate surface area is 148 Å². The highest BCUT2D eigenvalue weighted by Gasteiger charge is 2.12. The predicted molar refractivity (Wildman–Crippen MR) is 91.9 cm³/mol. The average Bonchev–Trinajstić information content (AvgIpc) is 3.31. The number of benzene rings is 2. The third-order valence-electron chi connectivity index (χ3n) is 3.61. The van der Waals surface area contributed by atoms with E-state index < -0.39 is 0 Å². The van der Waals surface area contributed by atoms with Crippen molar-refractivity contribution in [2.75, 3.05) is 0 Å². The Balaban J connectivity index is 1.42. The Bertz CT molecular complexity index is 964. The van der Waals surface area contributed by atoms with Crippen molar-refractivity contribution in [2.45, 2.75) is 12.8 Å². The van der Waals surface area contributed by atoms with Crippen molar-refractivity contribution in [3.05, 3.63) is 71.4 Å². The lowest BCUT2D eigenvalue weighted by atomic mass is 10.2. The zero-order chi connectivity index (χ0) is 17.1. The van der Waals surface area contributed by atoms with Gasteiger partial charge in [-0.1, -0.05) is 35.0 Å². The normalized spacial score (nSPS) is 10.9. The second-order valence-corrected chi connectivity index (χ2v) is 5.82. The molecule has 124 valence electrons. The predicted octanol–water partition coefficient (Wildman–Crippen LogP) is 4.23. The monoisotopic (exact) mass is 352 g/mol. The molecule has 2 aromatic heterocycles. The van der Waals surface area contributed by atoms with Crippen LogP contribution in [0.3, 0.4) is 0 Å². The Kier molecular flexibility index (Phi) is 4.26. The van der Waals surface area contributed by atoms with Gasteiger partial charge >= 0.3 is 0 Å². The summed E-state index contributed by atoms with van der Waals surface area (Å²) in [6.07, 6.45) is 1.05. The van der Waals surface area contributed by atoms with Gasteiger partial charge in [-0.3, -0.25) is 0 Å². The van der Waals surface area contributed by atoms with Crippen LogP contribution < -0.4 is 0 Å². The minimum atomic E-state index is 0.503. The van der Waals surface area contributed by atoms with E-state index in [2.05, 4.69) is 20.3 Å². The molecule has 2 heterocycles. The number of aromatic nitrogens is 4. The molecule has 0 bridgehead atoms. The van der Waals surface area contributed by atoms with Gasteiger partial charge in [0, 0.05) is 29.0 Å². The van der Waals surface area contributed by atoms with Crippen LogP contribution in [0.5, 0.6) is 0 Å². The van der Waals surface area contributed by atoms with Crippen LogP contribution in [0, 0.1) is 0 Å². The fourth-order valence-corrected chi connectivity index (χ4v) is 2.46. The highest BCUT2D eigenvalue weighted by Crippen LogP contribution is 2.20. The van der Waals surface area contributed by atoms with Gasteiger partial charge < -0.3 is 8.94 Å². The second-order valence-electron chi connectivity index (χ2n) is 5.39. The van der Waals surface area contributed by atoms with Crippen molar-refractivity contribution < 1.29 is 8.94 Å². The highest BCUT2D eigenvalue weighted by atomic mass is 35.5. The standard InChI is InChI=1S/C18H13ClN4O2/c19-14-8-6-12(7-9-14)17-20-15(25-23-17)10-11-16-21-22-18(24-16)13-4-2-1-3-5-13/h1-9H,10-11H2. The summed E-state index contributed by atoms with van der Waals surface area (Å²) in [7, 11) is 0. The molecule has 0 N–H and O–H groups in total. The lowest BCUT2D eigenvalue weighted by Crippen LogP contribution is -1.92. The molecule has 0 fully saturated rings. The Morgan fingerprint density at radius 2 is 1.56 bits per heavy atom. The van der Waals surface area contributed by atoms with Gasteiger partial charge in [0.15, 0.2) is 0 Å². The number of hydrogen-bond donors (Lipinski definition) is 0. The number of aryl methyl sites for hydroxylation is 2. The molecular weight excluding hydrogens is 340 g/mol. The molecular formula is C18H13ClN4O2. The molecule has 0 saturated heterocycles. The molecule has 4 aromatic rings. The fourth-order valence-electron chi connectivity index (χ4n) is 2.34. The van der Waals surface area contributed by atoms with Crippen LogP contribution in [-0.2, 0) is 12.8 Å². The lowest BCUT2D eigenvalue weighted by molar-refractivity contribution is 0.373. The summed E-state index contributed by atoms with van der Waals surface area (Å²) in [5.41, 5.74) is 1.74. The van der Waals surface area contributed by atoms with Crippen LogP contribution in [0.1, 0.15) is 11.8 Å². The zero-order valence-electron chi connectivity index (χ0n) is 13.1. The van der Waals surface area contributed by atoms with Crippen molar-refractivity contribution in [1.82, 2.24) is 20.3 Å². The lowest BCUT2D eigenvalue weighted by Gasteiger charge is -1.93. The van der Waals surface area contributed by atoms with E-state index in [1.54, 1.807) is 12.1 Å². The van der Waals surface area contributed by atoms with Crippen LogP contribution in [0.4, 0.5) is 0 Å². The molecule has 25 heavy (non-hydrogen) atoms. The SMILES string of the molecule is Clc1ccc(-c2noc(CCc3nnc(-c4ccccc4)o3)n2)cc1. The van der Waals surface area contributed by atoms with Crippen molar-refractivity contribution in [1.29, 1.82) is 0 Å². The first-order valence-corrected chi connectivity index (χ1v) is 8.12. The molecule has 4 rings (SSSR count). The molecule has 0 aliphatic heterocycles. The molecule has 2 aromatic carbocycles. The van der Waals surface area contributed by atoms with Gasteiger partial charge in [-0.15, -0.1) is 10.2 Å². The second kappa shape index (κ2) is 6.86. The summed E-state index contributed by atoms with van der Waals surface area (Å²) < 4.78 is 10.9. The van der Waals surface area contributed by atoms with Crippen molar-refractivity contribution >= 4 is 11.6 Å². The van der Waals surface area contributed by atoms with Gasteiger partial charge in [0.2, 0.25) is 23.5 Å². The van der Waals surface area contributed by atoms with Crippen LogP contribution in [0.25, 0.3) is 22.8 Å². The molecule has 0 saturated carbocycles. The quantitative estimate of drug-likeness (QED) is 0.535. The van der Waals surface area contributed by atoms with E-state index in [1.165, 1.54) is 0 Å². The Morgan fingerprint density at radius 3 is 2.36 bits per heavy atom. The summed E-state index contributed by atoms with van der Waals surface area (Å²) in [4.78, 5) is 4.38. The molecule has 0 radical (unpaired) electrons. The first-order valence-electron chi connectivity index (χ1n) is 7.74. The minimum absolute atomic E-state index is 0.503. The number of rotatable bonds is 5. The van der Waals surface area contributed by atoms with Gasteiger partial charge in [0.25, 0.3) is 0 Å². The third-order valence-corrected chi connectivity index (χ3v) is 3.86. The summed E-state index contributed by atoms with van der Waals surface area (Å²) >= 11 is 5.88. The molecule has 0 atom stereocenters. The molecule has 0 unspecified atom stereocenters. The first kappa shape index (κ1) is 15.5. The van der Waals surface area contributed by atoms with Crippen LogP contribution in [-0.4, -0.2) is 20.3 Å². The van der Waals surface area contributed by atoms with Crippen LogP contribution in [0.15, 0.2) is 63.5 Å². The van der Waals surface area contributed by atoms with Crippen molar-refractivity contribution in [3.63, 3.8) is 0 Å². The van der Waals surface area contributed by atoms with Crippen molar-refractivity contribution in [2.24, 2.45) is 0 Å². The number of nitrogens with zero attached hydrogens (tertiary/aromatic N) is 4. The molecule has 0 amide bonds. The molecule has 0 aliphatic rings. The number of hydrogen-bond acceptors (Lipinski definition) is 6. The largest absolute Gasteiger partial charge is 0.421 e. The summed E-state index contributed by atoms with van der Waals surface area (Å²) in [5, 5.41) is 12.8. The van der Waals surface area contributed by atoms with E-state index in [0.717, 1.165) is 11.1 Å². The van der Waals surface area contributed by atoms with Crippen molar-refractivity contribution in [3.8, 4) is 22.8 Å². The first-order chi connectivity index (χ1) is 12.3. The van der Waals surface area contributed by atoms with E-state index in [4.69, 9.17) is 20.5 Å². The maximum Gasteiger partial charge on any atom is 0.247 e. The van der Waals surface area contributed by atoms with Gasteiger partial charge in [0.05, 0.1) is 0 Å². The molecule has 0 aliphatic carbocycles.